The van der Waals surface area contributed by atoms with Crippen LogP contribution in [0.2, 0.25) is 0 Å². The predicted octanol–water partition coefficient (Wildman–Crippen LogP) is 1.45. The molecular weight excluding hydrogens is 166 g/mol. The Kier molecular flexibility index (Phi) is 7.69. The molecule has 0 radical (unpaired) electrons. The molecule has 2 N–H and O–H groups in total. The first-order valence-electron chi connectivity index (χ1n) is 5.11. The minimum Gasteiger partial charge on any atom is -0.393 e. The molecule has 0 heterocycles. The van der Waals surface area contributed by atoms with E-state index in [1.165, 1.54) is 0 Å². The van der Waals surface area contributed by atoms with Crippen molar-refractivity contribution in [3.8, 4) is 0 Å². The lowest BCUT2D eigenvalue weighted by atomic mass is 10.2. The van der Waals surface area contributed by atoms with E-state index >= 15 is 0 Å². The monoisotopic (exact) mass is 187 g/mol. The van der Waals surface area contributed by atoms with Crippen LogP contribution in [-0.2, 0) is 4.79 Å². The largest absolute Gasteiger partial charge is 0.393 e. The molecule has 0 aliphatic carbocycles. The first kappa shape index (κ1) is 12.4. The van der Waals surface area contributed by atoms with Gasteiger partial charge in [0, 0.05) is 13.0 Å². The first-order chi connectivity index (χ1) is 6.16. The van der Waals surface area contributed by atoms with Gasteiger partial charge in [0.2, 0.25) is 5.91 Å². The lowest BCUT2D eigenvalue weighted by Crippen LogP contribution is -2.24. The Hall–Kier alpha value is -0.570. The van der Waals surface area contributed by atoms with E-state index in [9.17, 15) is 4.79 Å². The molecule has 0 aliphatic rings. The number of carbonyl (C=O) groups excluding carboxylic acids is 1. The van der Waals surface area contributed by atoms with Gasteiger partial charge in [0.05, 0.1) is 6.10 Å². The smallest absolute Gasteiger partial charge is 0.219 e. The topological polar surface area (TPSA) is 49.3 Å². The van der Waals surface area contributed by atoms with E-state index < -0.39 is 0 Å². The SMILES string of the molecule is CCCCC(=O)NCCCC(C)O. The van der Waals surface area contributed by atoms with Crippen LogP contribution >= 0.6 is 0 Å². The lowest BCUT2D eigenvalue weighted by molar-refractivity contribution is -0.121. The van der Waals surface area contributed by atoms with E-state index in [1.54, 1.807) is 6.92 Å². The van der Waals surface area contributed by atoms with Gasteiger partial charge in [0.25, 0.3) is 0 Å². The van der Waals surface area contributed by atoms with Crippen LogP contribution in [-0.4, -0.2) is 23.7 Å². The molecule has 0 aromatic rings. The molecule has 0 saturated heterocycles. The summed E-state index contributed by atoms with van der Waals surface area (Å²) in [6.07, 6.45) is 4.01. The van der Waals surface area contributed by atoms with Gasteiger partial charge in [-0.2, -0.15) is 0 Å². The Morgan fingerprint density at radius 2 is 2.15 bits per heavy atom. The van der Waals surface area contributed by atoms with Crippen LogP contribution in [0.4, 0.5) is 0 Å². The zero-order valence-electron chi connectivity index (χ0n) is 8.68. The number of carbonyl (C=O) groups is 1. The van der Waals surface area contributed by atoms with Crippen molar-refractivity contribution in [2.24, 2.45) is 0 Å². The third-order valence-electron chi connectivity index (χ3n) is 1.88. The molecule has 1 amide bonds. The summed E-state index contributed by atoms with van der Waals surface area (Å²) in [6.45, 7) is 4.52. The highest BCUT2D eigenvalue weighted by atomic mass is 16.3. The summed E-state index contributed by atoms with van der Waals surface area (Å²) in [5, 5.41) is 11.8. The van der Waals surface area contributed by atoms with E-state index in [1.807, 2.05) is 0 Å². The van der Waals surface area contributed by atoms with Gasteiger partial charge in [-0.05, 0) is 26.2 Å². The molecule has 78 valence electrons. The molecule has 3 heteroatoms. The maximum absolute atomic E-state index is 11.1. The second-order valence-corrected chi connectivity index (χ2v) is 3.44. The van der Waals surface area contributed by atoms with E-state index in [2.05, 4.69) is 12.2 Å². The zero-order chi connectivity index (χ0) is 10.1. The fraction of sp³-hybridized carbons (Fsp3) is 0.900. The second kappa shape index (κ2) is 8.05. The molecule has 0 bridgehead atoms. The Morgan fingerprint density at radius 1 is 1.46 bits per heavy atom. The second-order valence-electron chi connectivity index (χ2n) is 3.44. The standard InChI is InChI=1S/C10H21NO2/c1-3-4-7-10(13)11-8-5-6-9(2)12/h9,12H,3-8H2,1-2H3,(H,11,13). The number of hydrogen-bond donors (Lipinski definition) is 2. The van der Waals surface area contributed by atoms with E-state index in [0.29, 0.717) is 13.0 Å². The van der Waals surface area contributed by atoms with Crippen LogP contribution in [0, 0.1) is 0 Å². The van der Waals surface area contributed by atoms with Crippen LogP contribution in [0.15, 0.2) is 0 Å². The molecule has 0 saturated carbocycles. The third-order valence-corrected chi connectivity index (χ3v) is 1.88. The maximum Gasteiger partial charge on any atom is 0.219 e. The number of unbranched alkanes of at least 4 members (excludes halogenated alkanes) is 1. The Morgan fingerprint density at radius 3 is 2.69 bits per heavy atom. The highest BCUT2D eigenvalue weighted by Gasteiger charge is 1.99. The van der Waals surface area contributed by atoms with Crippen LogP contribution in [0.25, 0.3) is 0 Å². The van der Waals surface area contributed by atoms with Gasteiger partial charge < -0.3 is 10.4 Å². The molecule has 0 aliphatic heterocycles. The molecule has 0 aromatic carbocycles. The molecule has 13 heavy (non-hydrogen) atoms. The van der Waals surface area contributed by atoms with Crippen molar-refractivity contribution in [1.29, 1.82) is 0 Å². The molecule has 1 unspecified atom stereocenters. The molecule has 1 atom stereocenters. The Bertz CT molecular complexity index is 135. The quantitative estimate of drug-likeness (QED) is 0.593. The minimum atomic E-state index is -0.257. The van der Waals surface area contributed by atoms with Crippen molar-refractivity contribution in [1.82, 2.24) is 5.32 Å². The molecule has 0 fully saturated rings. The number of aliphatic hydroxyl groups excluding tert-OH is 1. The highest BCUT2D eigenvalue weighted by molar-refractivity contribution is 5.75. The van der Waals surface area contributed by atoms with Gasteiger partial charge in [-0.1, -0.05) is 13.3 Å². The predicted molar refractivity (Wildman–Crippen MR) is 53.4 cm³/mol. The van der Waals surface area contributed by atoms with Crippen LogP contribution < -0.4 is 5.32 Å². The van der Waals surface area contributed by atoms with Gasteiger partial charge in [-0.15, -0.1) is 0 Å². The van der Waals surface area contributed by atoms with Gasteiger partial charge in [0.1, 0.15) is 0 Å². The molecule has 3 nitrogen and oxygen atoms in total. The fourth-order valence-electron chi connectivity index (χ4n) is 1.05. The van der Waals surface area contributed by atoms with Crippen molar-refractivity contribution in [3.05, 3.63) is 0 Å². The lowest BCUT2D eigenvalue weighted by Gasteiger charge is -2.05. The Balaban J connectivity index is 3.17. The summed E-state index contributed by atoms with van der Waals surface area (Å²) in [6, 6.07) is 0. The van der Waals surface area contributed by atoms with E-state index in [-0.39, 0.29) is 12.0 Å². The van der Waals surface area contributed by atoms with Crippen LogP contribution in [0.5, 0.6) is 0 Å². The molecule has 0 rings (SSSR count). The summed E-state index contributed by atoms with van der Waals surface area (Å²) in [5.41, 5.74) is 0. The Labute approximate surface area is 80.5 Å². The molecular formula is C10H21NO2. The fourth-order valence-corrected chi connectivity index (χ4v) is 1.05. The highest BCUT2D eigenvalue weighted by Crippen LogP contribution is 1.95. The summed E-state index contributed by atoms with van der Waals surface area (Å²) in [7, 11) is 0. The van der Waals surface area contributed by atoms with Crippen molar-refractivity contribution in [3.63, 3.8) is 0 Å². The summed E-state index contributed by atoms with van der Waals surface area (Å²) < 4.78 is 0. The third kappa shape index (κ3) is 9.34. The summed E-state index contributed by atoms with van der Waals surface area (Å²) >= 11 is 0. The summed E-state index contributed by atoms with van der Waals surface area (Å²) in [5.74, 6) is 0.132. The molecule has 0 aromatic heterocycles. The van der Waals surface area contributed by atoms with Gasteiger partial charge in [0.15, 0.2) is 0 Å². The van der Waals surface area contributed by atoms with Crippen molar-refractivity contribution >= 4 is 5.91 Å². The van der Waals surface area contributed by atoms with Crippen molar-refractivity contribution in [2.45, 2.75) is 52.1 Å². The normalized spacial score (nSPS) is 12.5. The van der Waals surface area contributed by atoms with E-state index in [0.717, 1.165) is 25.7 Å². The van der Waals surface area contributed by atoms with Gasteiger partial charge >= 0.3 is 0 Å². The molecule has 0 spiro atoms. The zero-order valence-corrected chi connectivity index (χ0v) is 8.68. The van der Waals surface area contributed by atoms with E-state index in [4.69, 9.17) is 5.11 Å². The first-order valence-corrected chi connectivity index (χ1v) is 5.11. The average Bonchev–Trinajstić information content (AvgIpc) is 2.08. The average molecular weight is 187 g/mol. The number of hydrogen-bond acceptors (Lipinski definition) is 2. The van der Waals surface area contributed by atoms with Gasteiger partial charge in [-0.3, -0.25) is 4.79 Å². The minimum absolute atomic E-state index is 0.132. The number of rotatable bonds is 7. The van der Waals surface area contributed by atoms with Crippen LogP contribution in [0.1, 0.15) is 46.0 Å². The van der Waals surface area contributed by atoms with Crippen molar-refractivity contribution in [2.75, 3.05) is 6.54 Å². The maximum atomic E-state index is 11.1. The van der Waals surface area contributed by atoms with Crippen LogP contribution in [0.3, 0.4) is 0 Å². The number of aliphatic hydroxyl groups is 1. The summed E-state index contributed by atoms with van der Waals surface area (Å²) in [4.78, 5) is 11.1. The van der Waals surface area contributed by atoms with Gasteiger partial charge in [-0.25, -0.2) is 0 Å². The number of amides is 1. The number of nitrogens with one attached hydrogen (secondary N) is 1. The van der Waals surface area contributed by atoms with Crippen molar-refractivity contribution < 1.29 is 9.90 Å².